The van der Waals surface area contributed by atoms with Crippen LogP contribution in [0.3, 0.4) is 0 Å². The summed E-state index contributed by atoms with van der Waals surface area (Å²) >= 11 is 0. The number of benzene rings is 1. The maximum atomic E-state index is 14.2. The molecular weight excluding hydrogens is 1330 g/mol. The third-order valence-corrected chi connectivity index (χ3v) is 15.5. The molecule has 0 aliphatic carbocycles. The van der Waals surface area contributed by atoms with E-state index < -0.39 is 224 Å². The van der Waals surface area contributed by atoms with Crippen molar-refractivity contribution in [1.29, 1.82) is 0 Å². The lowest BCUT2D eigenvalue weighted by Gasteiger charge is -2.27. The summed E-state index contributed by atoms with van der Waals surface area (Å²) in [7, 11) is 0. The van der Waals surface area contributed by atoms with Crippen molar-refractivity contribution in [3.05, 3.63) is 35.9 Å². The van der Waals surface area contributed by atoms with Crippen LogP contribution in [0.2, 0.25) is 0 Å². The first-order valence-corrected chi connectivity index (χ1v) is 33.1. The molecule has 566 valence electrons. The molecule has 38 nitrogen and oxygen atoms in total. The maximum absolute atomic E-state index is 14.2. The van der Waals surface area contributed by atoms with Crippen LogP contribution in [0.25, 0.3) is 0 Å². The van der Waals surface area contributed by atoms with Gasteiger partial charge < -0.3 is 113 Å². The van der Waals surface area contributed by atoms with E-state index in [0.29, 0.717) is 12.8 Å². The van der Waals surface area contributed by atoms with Gasteiger partial charge in [-0.15, -0.1) is 0 Å². The van der Waals surface area contributed by atoms with E-state index in [1.165, 1.54) is 27.7 Å². The molecule has 0 radical (unpaired) electrons. The van der Waals surface area contributed by atoms with Gasteiger partial charge in [-0.2, -0.15) is 0 Å². The Morgan fingerprint density at radius 3 is 1.42 bits per heavy atom. The Balaban J connectivity index is 3.36. The molecule has 0 bridgehead atoms. The van der Waals surface area contributed by atoms with Crippen LogP contribution in [0.1, 0.15) is 138 Å². The number of aliphatic carboxylic acids is 3. The molecule has 13 amide bonds. The number of nitrogens with two attached hydrogens (primary N) is 5. The summed E-state index contributed by atoms with van der Waals surface area (Å²) in [5.41, 5.74) is 29.0. The minimum absolute atomic E-state index is 0.00491. The van der Waals surface area contributed by atoms with Gasteiger partial charge in [0.25, 0.3) is 0 Å². The topological polar surface area (TPSA) is 641 Å². The predicted octanol–water partition coefficient (Wildman–Crippen LogP) is -6.34. The summed E-state index contributed by atoms with van der Waals surface area (Å²) in [5.74, 6) is -19.2. The quantitative estimate of drug-likeness (QED) is 0.0164. The second-order valence-electron chi connectivity index (χ2n) is 25.0. The van der Waals surface area contributed by atoms with E-state index in [4.69, 9.17) is 28.7 Å². The average molecular weight is 1430 g/mol. The van der Waals surface area contributed by atoms with Gasteiger partial charge in [-0.05, 0) is 101 Å². The van der Waals surface area contributed by atoms with E-state index in [1.807, 2.05) is 0 Å². The SMILES string of the molecule is CC[C@H](C)[C@H](NC(=O)[C@@H](N)Cc1ccccc1)C(=O)N[C@@H](C)C(=O)N[C@@H](C)C(=O)N[C@@H](CCC(=O)O)C(=O)N[C@@H](CCCCN)C(=O)N[C@@H](CCCN=C(N)N)C(=O)NCC(=O)N[C@@H](CO)C(=O)N[C@@H](CC(N)=O)C(=O)N[C@@H](CC(C)C)C(=O)N[C@@H](CCC(=O)O)C(=O)N[C@H](C(=O)O)C(C)C. The van der Waals surface area contributed by atoms with Gasteiger partial charge >= 0.3 is 17.9 Å². The van der Waals surface area contributed by atoms with E-state index in [-0.39, 0.29) is 63.5 Å². The summed E-state index contributed by atoms with van der Waals surface area (Å²) in [4.78, 5) is 215. The van der Waals surface area contributed by atoms with Crippen molar-refractivity contribution in [3.8, 4) is 0 Å². The number of amides is 13. The molecule has 0 aliphatic rings. The summed E-state index contributed by atoms with van der Waals surface area (Å²) in [6.45, 7) is 10.2. The lowest BCUT2D eigenvalue weighted by Crippen LogP contribution is -2.60. The number of carboxylic acids is 3. The summed E-state index contributed by atoms with van der Waals surface area (Å²) < 4.78 is 0. The number of hydrogen-bond acceptors (Lipinski definition) is 20. The number of nitrogens with one attached hydrogen (secondary N) is 12. The van der Waals surface area contributed by atoms with E-state index >= 15 is 0 Å². The Labute approximate surface area is 584 Å². The minimum Gasteiger partial charge on any atom is -0.481 e. The maximum Gasteiger partial charge on any atom is 0.326 e. The highest BCUT2D eigenvalue weighted by Gasteiger charge is 2.37. The molecule has 0 spiro atoms. The standard InChI is InChI=1S/C63H104N18O20/c1-9-33(6)50(81-53(91)37(65)27-36-16-11-10-12-17-36)61(99)72-34(7)51(89)71-35(8)52(90)74-40(20-22-47(85)86)56(94)76-39(18-13-14-24-64)55(93)75-38(19-15-25-69-63(67)68)54(92)70-29-46(84)73-44(30-82)60(98)79-43(28-45(66)83)59(97)78-42(26-31(2)3)58(96)77-41(21-23-48(87)88)57(95)80-49(32(4)5)62(100)101/h10-12,16-17,31-35,37-44,49-50,82H,9,13-15,18-30,64-65H2,1-8H3,(H2,66,83)(H,70,92)(H,71,89)(H,72,99)(H,73,84)(H,74,90)(H,75,93)(H,76,94)(H,77,96)(H,78,97)(H,79,98)(H,80,95)(H,81,91)(H,85,86)(H,87,88)(H,100,101)(H4,67,68,69)/t33-,34-,35-,37-,38-,39-,40-,41-,42-,43-,44-,49-,50-/m0/s1. The number of unbranched alkanes of at least 4 members (excludes halogenated alkanes) is 1. The van der Waals surface area contributed by atoms with Gasteiger partial charge in [0, 0.05) is 19.4 Å². The van der Waals surface area contributed by atoms with E-state index in [1.54, 1.807) is 58.0 Å². The molecule has 1 rings (SSSR count). The Morgan fingerprint density at radius 2 is 0.931 bits per heavy atom. The number of carboxylic acid groups (broad SMARTS) is 3. The fourth-order valence-corrected chi connectivity index (χ4v) is 9.57. The van der Waals surface area contributed by atoms with Crippen molar-refractivity contribution in [2.45, 2.75) is 211 Å². The monoisotopic (exact) mass is 1430 g/mol. The lowest BCUT2D eigenvalue weighted by atomic mass is 9.97. The van der Waals surface area contributed by atoms with Gasteiger partial charge in [-0.1, -0.05) is 78.3 Å². The molecule has 0 unspecified atom stereocenters. The van der Waals surface area contributed by atoms with Crippen LogP contribution in [-0.2, 0) is 83.1 Å². The normalized spacial score (nSPS) is 14.9. The fraction of sp³-hybridized carbons (Fsp3) is 0.635. The lowest BCUT2D eigenvalue weighted by molar-refractivity contribution is -0.144. The van der Waals surface area contributed by atoms with Crippen molar-refractivity contribution in [1.82, 2.24) is 63.8 Å². The molecule has 0 saturated carbocycles. The van der Waals surface area contributed by atoms with Gasteiger partial charge in [0.2, 0.25) is 76.8 Å². The highest BCUT2D eigenvalue weighted by molar-refractivity contribution is 6.00. The first-order valence-electron chi connectivity index (χ1n) is 33.1. The van der Waals surface area contributed by atoms with E-state index in [0.717, 1.165) is 5.56 Å². The van der Waals surface area contributed by atoms with Crippen LogP contribution in [0.4, 0.5) is 0 Å². The Morgan fingerprint density at radius 1 is 0.485 bits per heavy atom. The minimum atomic E-state index is -1.92. The second kappa shape index (κ2) is 46.3. The Kier molecular flexibility index (Phi) is 40.7. The molecule has 0 fully saturated rings. The van der Waals surface area contributed by atoms with Crippen molar-refractivity contribution in [3.63, 3.8) is 0 Å². The van der Waals surface area contributed by atoms with Crippen LogP contribution in [0, 0.1) is 17.8 Å². The number of guanidine groups is 1. The zero-order valence-electron chi connectivity index (χ0n) is 58.2. The number of aliphatic hydroxyl groups excluding tert-OH is 1. The zero-order valence-corrected chi connectivity index (χ0v) is 58.2. The van der Waals surface area contributed by atoms with Crippen molar-refractivity contribution in [2.24, 2.45) is 51.4 Å². The number of hydrogen-bond donors (Lipinski definition) is 21. The third kappa shape index (κ3) is 35.0. The van der Waals surface area contributed by atoms with Crippen LogP contribution in [-0.4, -0.2) is 220 Å². The number of aliphatic hydroxyl groups is 1. The third-order valence-electron chi connectivity index (χ3n) is 15.5. The highest BCUT2D eigenvalue weighted by atomic mass is 16.4. The first-order chi connectivity index (χ1) is 47.3. The van der Waals surface area contributed by atoms with Gasteiger partial charge in [-0.25, -0.2) is 4.79 Å². The largest absolute Gasteiger partial charge is 0.481 e. The summed E-state index contributed by atoms with van der Waals surface area (Å²) in [6, 6.07) is -9.09. The average Bonchev–Trinajstić information content (AvgIpc) is 0.888. The fourth-order valence-electron chi connectivity index (χ4n) is 9.57. The molecule has 101 heavy (non-hydrogen) atoms. The first kappa shape index (κ1) is 88.9. The summed E-state index contributed by atoms with van der Waals surface area (Å²) in [6.07, 6.45) is -2.75. The van der Waals surface area contributed by atoms with Crippen molar-refractivity contribution < 1.29 is 97.1 Å². The molecule has 0 aliphatic heterocycles. The van der Waals surface area contributed by atoms with Crippen LogP contribution >= 0.6 is 0 Å². The number of carbonyl (C=O) groups excluding carboxylic acids is 13. The van der Waals surface area contributed by atoms with E-state index in [2.05, 4.69) is 68.8 Å². The number of aliphatic imine (C=N–C) groups is 1. The molecular formula is C63H104N18O20. The van der Waals surface area contributed by atoms with E-state index in [9.17, 15) is 97.1 Å². The summed E-state index contributed by atoms with van der Waals surface area (Å²) in [5, 5.41) is 67.3. The molecule has 13 atom stereocenters. The zero-order chi connectivity index (χ0) is 76.8. The van der Waals surface area contributed by atoms with Gasteiger partial charge in [-0.3, -0.25) is 76.9 Å². The molecule has 1 aromatic rings. The Bertz CT molecular complexity index is 3030. The van der Waals surface area contributed by atoms with Crippen molar-refractivity contribution in [2.75, 3.05) is 26.2 Å². The van der Waals surface area contributed by atoms with Crippen molar-refractivity contribution >= 4 is 101 Å². The number of primary amides is 1. The van der Waals surface area contributed by atoms with Gasteiger partial charge in [0.05, 0.1) is 25.6 Å². The van der Waals surface area contributed by atoms with Gasteiger partial charge in [0.1, 0.15) is 66.5 Å². The number of nitrogens with zero attached hydrogens (tertiary/aromatic N) is 1. The molecule has 0 aromatic heterocycles. The smallest absolute Gasteiger partial charge is 0.326 e. The molecule has 26 N–H and O–H groups in total. The highest BCUT2D eigenvalue weighted by Crippen LogP contribution is 2.14. The second-order valence-corrected chi connectivity index (χ2v) is 25.0. The molecule has 0 heterocycles. The van der Waals surface area contributed by atoms with Crippen LogP contribution in [0.15, 0.2) is 35.3 Å². The predicted molar refractivity (Wildman–Crippen MR) is 363 cm³/mol. The molecule has 38 heteroatoms. The van der Waals surface area contributed by atoms with Gasteiger partial charge in [0.15, 0.2) is 5.96 Å². The number of carbonyl (C=O) groups is 16. The number of rotatable bonds is 49. The van der Waals surface area contributed by atoms with Crippen LogP contribution in [0.5, 0.6) is 0 Å². The van der Waals surface area contributed by atoms with Crippen LogP contribution < -0.4 is 92.5 Å². The molecule has 1 aromatic carbocycles. The molecule has 0 saturated heterocycles. The Hall–Kier alpha value is -10.1.